The van der Waals surface area contributed by atoms with Crippen molar-refractivity contribution in [3.05, 3.63) is 71.3 Å². The van der Waals surface area contributed by atoms with Gasteiger partial charge < -0.3 is 21.1 Å². The lowest BCUT2D eigenvalue weighted by atomic mass is 10.0. The first-order valence-corrected chi connectivity index (χ1v) is 11.9. The average molecular weight is 503 g/mol. The van der Waals surface area contributed by atoms with Gasteiger partial charge in [0.2, 0.25) is 5.91 Å². The minimum absolute atomic E-state index is 0.115. The number of hydrogen-bond acceptors (Lipinski definition) is 5. The van der Waals surface area contributed by atoms with E-state index in [0.29, 0.717) is 38.2 Å². The zero-order chi connectivity index (χ0) is 26.2. The molecule has 36 heavy (non-hydrogen) atoms. The molecular formula is C26H32F2N4O4. The second-order valence-corrected chi connectivity index (χ2v) is 9.37. The van der Waals surface area contributed by atoms with Crippen molar-refractivity contribution in [3.8, 4) is 0 Å². The molecule has 8 nitrogen and oxygen atoms in total. The molecule has 1 saturated heterocycles. The molecule has 1 fully saturated rings. The molecule has 1 heterocycles. The maximum Gasteiger partial charge on any atom is 0.251 e. The van der Waals surface area contributed by atoms with Crippen LogP contribution in [0.1, 0.15) is 41.0 Å². The molecule has 3 rings (SSSR count). The van der Waals surface area contributed by atoms with Gasteiger partial charge in [-0.2, -0.15) is 0 Å². The van der Waals surface area contributed by atoms with Crippen molar-refractivity contribution < 1.29 is 28.3 Å². The van der Waals surface area contributed by atoms with Crippen LogP contribution in [0.3, 0.4) is 0 Å². The van der Waals surface area contributed by atoms with E-state index in [-0.39, 0.29) is 17.4 Å². The van der Waals surface area contributed by atoms with Gasteiger partial charge in [0.1, 0.15) is 17.7 Å². The molecule has 10 heteroatoms. The van der Waals surface area contributed by atoms with E-state index in [1.54, 1.807) is 0 Å². The molecule has 0 aromatic heterocycles. The van der Waals surface area contributed by atoms with Gasteiger partial charge in [-0.15, -0.1) is 0 Å². The van der Waals surface area contributed by atoms with E-state index in [1.165, 1.54) is 48.5 Å². The van der Waals surface area contributed by atoms with E-state index < -0.39 is 41.6 Å². The van der Waals surface area contributed by atoms with Crippen LogP contribution < -0.4 is 16.0 Å². The number of nitrogens with zero attached hydrogens (tertiary/aromatic N) is 1. The molecule has 0 saturated carbocycles. The van der Waals surface area contributed by atoms with Gasteiger partial charge in [0.15, 0.2) is 0 Å². The second kappa shape index (κ2) is 12.5. The van der Waals surface area contributed by atoms with Gasteiger partial charge in [-0.05, 0) is 60.9 Å². The van der Waals surface area contributed by atoms with Crippen LogP contribution in [0, 0.1) is 17.6 Å². The summed E-state index contributed by atoms with van der Waals surface area (Å²) in [6, 6.07) is 8.93. The quantitative estimate of drug-likeness (QED) is 0.395. The van der Waals surface area contributed by atoms with Crippen molar-refractivity contribution in [2.45, 2.75) is 38.5 Å². The zero-order valence-corrected chi connectivity index (χ0v) is 20.3. The molecule has 1 aliphatic heterocycles. The lowest BCUT2D eigenvalue weighted by Gasteiger charge is -2.24. The van der Waals surface area contributed by atoms with Crippen LogP contribution in [-0.4, -0.2) is 72.1 Å². The number of hydrogen-bond donors (Lipinski definition) is 4. The number of likely N-dealkylation sites (tertiary alicyclic amines) is 1. The topological polar surface area (TPSA) is 111 Å². The van der Waals surface area contributed by atoms with Gasteiger partial charge >= 0.3 is 0 Å². The van der Waals surface area contributed by atoms with Crippen LogP contribution in [0.15, 0.2) is 48.5 Å². The fourth-order valence-electron chi connectivity index (χ4n) is 4.05. The number of carbonyl (C=O) groups excluding carboxylic acids is 3. The molecule has 2 aromatic carbocycles. The number of aliphatic hydroxyl groups excluding tert-OH is 1. The van der Waals surface area contributed by atoms with E-state index in [0.717, 1.165) is 0 Å². The van der Waals surface area contributed by atoms with Gasteiger partial charge in [-0.25, -0.2) is 8.78 Å². The molecule has 0 bridgehead atoms. The number of aliphatic hydroxyl groups is 1. The van der Waals surface area contributed by atoms with Gasteiger partial charge in [-0.3, -0.25) is 19.3 Å². The number of benzene rings is 2. The number of halogens is 2. The summed E-state index contributed by atoms with van der Waals surface area (Å²) < 4.78 is 26.2. The largest absolute Gasteiger partial charge is 0.390 e. The van der Waals surface area contributed by atoms with Crippen molar-refractivity contribution in [1.82, 2.24) is 20.9 Å². The fourth-order valence-corrected chi connectivity index (χ4v) is 4.05. The first-order chi connectivity index (χ1) is 17.1. The highest BCUT2D eigenvalue weighted by Crippen LogP contribution is 2.13. The van der Waals surface area contributed by atoms with Crippen molar-refractivity contribution in [3.63, 3.8) is 0 Å². The third kappa shape index (κ3) is 7.82. The van der Waals surface area contributed by atoms with Crippen molar-refractivity contribution >= 4 is 17.7 Å². The lowest BCUT2D eigenvalue weighted by Crippen LogP contribution is -2.53. The summed E-state index contributed by atoms with van der Waals surface area (Å²) in [5, 5.41) is 18.8. The third-order valence-corrected chi connectivity index (χ3v) is 5.95. The Morgan fingerprint density at radius 2 is 1.50 bits per heavy atom. The Bertz CT molecular complexity index is 1050. The summed E-state index contributed by atoms with van der Waals surface area (Å²) in [4.78, 5) is 39.6. The van der Waals surface area contributed by atoms with Gasteiger partial charge in [0, 0.05) is 37.3 Å². The standard InChI is InChI=1S/C26H32F2N4O4/c1-16(2)13-21(30-25(35)18-5-9-20(28)10-6-18)26(36)31-22-14-32(15-23(22)33)12-11-29-24(34)17-3-7-19(27)8-4-17/h3-10,16,21-23,33H,11-15H2,1-2H3,(H,29,34)(H,30,35)(H,31,36)/t21-,22?,23?/m0/s1. The Hall–Kier alpha value is -3.37. The summed E-state index contributed by atoms with van der Waals surface area (Å²) >= 11 is 0. The summed E-state index contributed by atoms with van der Waals surface area (Å²) in [5.41, 5.74) is 0.592. The minimum Gasteiger partial charge on any atom is -0.390 e. The number of nitrogens with one attached hydrogen (secondary N) is 3. The zero-order valence-electron chi connectivity index (χ0n) is 20.3. The third-order valence-electron chi connectivity index (χ3n) is 5.95. The fraction of sp³-hybridized carbons (Fsp3) is 0.423. The molecule has 0 radical (unpaired) electrons. The average Bonchev–Trinajstić information content (AvgIpc) is 3.17. The molecule has 3 atom stereocenters. The molecule has 4 N–H and O–H groups in total. The molecule has 3 amide bonds. The Morgan fingerprint density at radius 1 is 0.944 bits per heavy atom. The minimum atomic E-state index is -0.821. The predicted octanol–water partition coefficient (Wildman–Crippen LogP) is 1.70. The van der Waals surface area contributed by atoms with Crippen molar-refractivity contribution in [2.24, 2.45) is 5.92 Å². The molecule has 194 valence electrons. The number of β-amino-alcohol motifs (C(OH)–C–C–N with tert-alkyl or cyclic N) is 1. The number of amides is 3. The monoisotopic (exact) mass is 502 g/mol. The van der Waals surface area contributed by atoms with E-state index in [1.807, 2.05) is 18.7 Å². The van der Waals surface area contributed by atoms with E-state index in [4.69, 9.17) is 0 Å². The second-order valence-electron chi connectivity index (χ2n) is 9.37. The highest BCUT2D eigenvalue weighted by molar-refractivity contribution is 5.97. The maximum absolute atomic E-state index is 13.2. The smallest absolute Gasteiger partial charge is 0.251 e. The van der Waals surface area contributed by atoms with Gasteiger partial charge in [0.05, 0.1) is 12.1 Å². The first-order valence-electron chi connectivity index (χ1n) is 11.9. The summed E-state index contributed by atoms with van der Waals surface area (Å²) in [5.74, 6) is -1.98. The van der Waals surface area contributed by atoms with Crippen molar-refractivity contribution in [2.75, 3.05) is 26.2 Å². The summed E-state index contributed by atoms with van der Waals surface area (Å²) in [6.07, 6.45) is -0.421. The van der Waals surface area contributed by atoms with Crippen LogP contribution in [-0.2, 0) is 4.79 Å². The molecule has 1 aliphatic rings. The summed E-state index contributed by atoms with van der Waals surface area (Å²) in [6.45, 7) is 5.31. The van der Waals surface area contributed by atoms with E-state index in [2.05, 4.69) is 16.0 Å². The SMILES string of the molecule is CC(C)C[C@H](NC(=O)c1ccc(F)cc1)C(=O)NC1CN(CCNC(=O)c2ccc(F)cc2)CC1O. The van der Waals surface area contributed by atoms with E-state index >= 15 is 0 Å². The Kier molecular flexibility index (Phi) is 9.49. The Balaban J connectivity index is 1.50. The lowest BCUT2D eigenvalue weighted by molar-refractivity contribution is -0.124. The summed E-state index contributed by atoms with van der Waals surface area (Å²) in [7, 11) is 0. The normalized spacial score (nSPS) is 18.6. The van der Waals surface area contributed by atoms with Crippen LogP contribution >= 0.6 is 0 Å². The molecule has 0 spiro atoms. The van der Waals surface area contributed by atoms with Crippen LogP contribution in [0.4, 0.5) is 8.78 Å². The highest BCUT2D eigenvalue weighted by Gasteiger charge is 2.34. The van der Waals surface area contributed by atoms with Gasteiger partial charge in [-0.1, -0.05) is 13.8 Å². The number of rotatable bonds is 10. The highest BCUT2D eigenvalue weighted by atomic mass is 19.1. The van der Waals surface area contributed by atoms with Crippen molar-refractivity contribution in [1.29, 1.82) is 0 Å². The Morgan fingerprint density at radius 3 is 2.06 bits per heavy atom. The van der Waals surface area contributed by atoms with Crippen LogP contribution in [0.25, 0.3) is 0 Å². The molecule has 0 aliphatic carbocycles. The Labute approximate surface area is 209 Å². The molecule has 2 aromatic rings. The first kappa shape index (κ1) is 27.2. The molecular weight excluding hydrogens is 470 g/mol. The van der Waals surface area contributed by atoms with Crippen LogP contribution in [0.5, 0.6) is 0 Å². The maximum atomic E-state index is 13.2. The molecule has 2 unspecified atom stereocenters. The van der Waals surface area contributed by atoms with Gasteiger partial charge in [0.25, 0.3) is 11.8 Å². The predicted molar refractivity (Wildman–Crippen MR) is 130 cm³/mol. The van der Waals surface area contributed by atoms with E-state index in [9.17, 15) is 28.3 Å². The number of carbonyl (C=O) groups is 3. The van der Waals surface area contributed by atoms with Crippen LogP contribution in [0.2, 0.25) is 0 Å².